The molecule has 0 amide bonds. The molecule has 1 N–H and O–H groups in total. The molecule has 1 aromatic rings. The highest BCUT2D eigenvalue weighted by atomic mass is 16.6. The van der Waals surface area contributed by atoms with Crippen LogP contribution in [0.2, 0.25) is 0 Å². The van der Waals surface area contributed by atoms with Crippen LogP contribution in [-0.4, -0.2) is 17.6 Å². The summed E-state index contributed by atoms with van der Waals surface area (Å²) in [6, 6.07) is 4.90. The average molecular weight is 292 g/mol. The first kappa shape index (κ1) is 15.6. The van der Waals surface area contributed by atoms with Crippen LogP contribution < -0.4 is 10.1 Å². The van der Waals surface area contributed by atoms with Gasteiger partial charge in [0.1, 0.15) is 5.75 Å². The Balaban J connectivity index is 2.10. The van der Waals surface area contributed by atoms with Crippen LogP contribution in [0.5, 0.6) is 5.75 Å². The molecule has 1 aromatic carbocycles. The zero-order chi connectivity index (χ0) is 15.5. The van der Waals surface area contributed by atoms with Crippen LogP contribution in [0.1, 0.15) is 46.5 Å². The van der Waals surface area contributed by atoms with Gasteiger partial charge in [-0.3, -0.25) is 10.1 Å². The standard InChI is InChI=1S/C16H24N2O3/c1-4-5-16(6-7-16)11-17-13-8-14(18(19)20)10-15(9-13)21-12(2)3/h8-10,12,17H,4-7,11H2,1-3H3. The van der Waals surface area contributed by atoms with Crippen LogP contribution in [0.4, 0.5) is 11.4 Å². The second kappa shape index (κ2) is 6.33. The maximum atomic E-state index is 11.0. The molecule has 1 aliphatic carbocycles. The van der Waals surface area contributed by atoms with Gasteiger partial charge in [0.05, 0.1) is 17.1 Å². The van der Waals surface area contributed by atoms with Crippen LogP contribution in [0, 0.1) is 15.5 Å². The zero-order valence-corrected chi connectivity index (χ0v) is 13.0. The summed E-state index contributed by atoms with van der Waals surface area (Å²) in [4.78, 5) is 10.7. The molecule has 0 saturated heterocycles. The summed E-state index contributed by atoms with van der Waals surface area (Å²) < 4.78 is 5.60. The third kappa shape index (κ3) is 4.34. The molecule has 2 rings (SSSR count). The molecule has 0 bridgehead atoms. The fourth-order valence-corrected chi connectivity index (χ4v) is 2.64. The number of nitrogens with one attached hydrogen (secondary N) is 1. The fourth-order valence-electron chi connectivity index (χ4n) is 2.64. The Labute approximate surface area is 125 Å². The van der Waals surface area contributed by atoms with E-state index in [1.807, 2.05) is 19.9 Å². The SMILES string of the molecule is CCCC1(CNc2cc(OC(C)C)cc([N+](=O)[O-])c2)CC1. The van der Waals surface area contributed by atoms with Crippen molar-refractivity contribution in [3.8, 4) is 5.75 Å². The minimum atomic E-state index is -0.378. The minimum absolute atomic E-state index is 0.00489. The average Bonchev–Trinajstić information content (AvgIpc) is 3.16. The molecule has 21 heavy (non-hydrogen) atoms. The molecule has 0 radical (unpaired) electrons. The summed E-state index contributed by atoms with van der Waals surface area (Å²) in [6.45, 7) is 6.89. The number of benzene rings is 1. The van der Waals surface area contributed by atoms with Crippen molar-refractivity contribution in [1.29, 1.82) is 0 Å². The van der Waals surface area contributed by atoms with Gasteiger partial charge in [0.2, 0.25) is 0 Å². The van der Waals surface area contributed by atoms with E-state index in [4.69, 9.17) is 4.74 Å². The Morgan fingerprint density at radius 2 is 2.10 bits per heavy atom. The monoisotopic (exact) mass is 292 g/mol. The maximum Gasteiger partial charge on any atom is 0.275 e. The molecule has 5 heteroatoms. The topological polar surface area (TPSA) is 64.4 Å². The number of ether oxygens (including phenoxy) is 1. The molecule has 0 aromatic heterocycles. The second-order valence-corrected chi connectivity index (χ2v) is 6.24. The Morgan fingerprint density at radius 3 is 2.62 bits per heavy atom. The largest absolute Gasteiger partial charge is 0.491 e. The van der Waals surface area contributed by atoms with Crippen molar-refractivity contribution in [3.05, 3.63) is 28.3 Å². The Bertz CT molecular complexity index is 510. The minimum Gasteiger partial charge on any atom is -0.491 e. The van der Waals surface area contributed by atoms with E-state index in [-0.39, 0.29) is 16.7 Å². The number of hydrogen-bond acceptors (Lipinski definition) is 4. The van der Waals surface area contributed by atoms with E-state index < -0.39 is 0 Å². The van der Waals surface area contributed by atoms with Crippen molar-refractivity contribution in [3.63, 3.8) is 0 Å². The van der Waals surface area contributed by atoms with Gasteiger partial charge in [-0.25, -0.2) is 0 Å². The van der Waals surface area contributed by atoms with Crippen LogP contribution in [0.15, 0.2) is 18.2 Å². The highest BCUT2D eigenvalue weighted by Gasteiger charge is 2.41. The first-order valence-corrected chi connectivity index (χ1v) is 7.64. The van der Waals surface area contributed by atoms with E-state index in [9.17, 15) is 10.1 Å². The Morgan fingerprint density at radius 1 is 1.38 bits per heavy atom. The molecule has 0 spiro atoms. The number of anilines is 1. The van der Waals surface area contributed by atoms with Crippen LogP contribution >= 0.6 is 0 Å². The predicted molar refractivity (Wildman–Crippen MR) is 83.9 cm³/mol. The second-order valence-electron chi connectivity index (χ2n) is 6.24. The fraction of sp³-hybridized carbons (Fsp3) is 0.625. The van der Waals surface area contributed by atoms with Crippen LogP contribution in [0.3, 0.4) is 0 Å². The van der Waals surface area contributed by atoms with E-state index in [2.05, 4.69) is 12.2 Å². The molecule has 1 fully saturated rings. The van der Waals surface area contributed by atoms with Crippen molar-refractivity contribution in [2.24, 2.45) is 5.41 Å². The van der Waals surface area contributed by atoms with Crippen molar-refractivity contribution in [2.45, 2.75) is 52.6 Å². The predicted octanol–water partition coefficient (Wildman–Crippen LogP) is 4.37. The summed E-state index contributed by atoms with van der Waals surface area (Å²) in [5.41, 5.74) is 1.23. The molecule has 116 valence electrons. The quantitative estimate of drug-likeness (QED) is 0.570. The van der Waals surface area contributed by atoms with Gasteiger partial charge in [-0.1, -0.05) is 13.3 Å². The van der Waals surface area contributed by atoms with Gasteiger partial charge in [0, 0.05) is 24.4 Å². The highest BCUT2D eigenvalue weighted by Crippen LogP contribution is 2.49. The summed E-state index contributed by atoms with van der Waals surface area (Å²) in [5.74, 6) is 0.544. The molecule has 0 atom stereocenters. The highest BCUT2D eigenvalue weighted by molar-refractivity contribution is 5.56. The number of rotatable bonds is 8. The van der Waals surface area contributed by atoms with E-state index in [0.29, 0.717) is 11.2 Å². The molecule has 0 aliphatic heterocycles. The van der Waals surface area contributed by atoms with Crippen molar-refractivity contribution < 1.29 is 9.66 Å². The number of non-ortho nitro benzene ring substituents is 1. The first-order valence-electron chi connectivity index (χ1n) is 7.64. The normalized spacial score (nSPS) is 15.8. The van der Waals surface area contributed by atoms with Crippen molar-refractivity contribution in [1.82, 2.24) is 0 Å². The molecular weight excluding hydrogens is 268 g/mol. The smallest absolute Gasteiger partial charge is 0.275 e. The Kier molecular flexibility index (Phi) is 4.70. The van der Waals surface area contributed by atoms with Gasteiger partial charge in [0.15, 0.2) is 0 Å². The lowest BCUT2D eigenvalue weighted by Gasteiger charge is -2.17. The van der Waals surface area contributed by atoms with E-state index in [1.165, 1.54) is 31.7 Å². The van der Waals surface area contributed by atoms with Gasteiger partial charge in [0.25, 0.3) is 5.69 Å². The number of nitro benzene ring substituents is 1. The maximum absolute atomic E-state index is 11.0. The van der Waals surface area contributed by atoms with Gasteiger partial charge in [-0.15, -0.1) is 0 Å². The summed E-state index contributed by atoms with van der Waals surface area (Å²) in [6.07, 6.45) is 4.88. The van der Waals surface area contributed by atoms with Crippen LogP contribution in [-0.2, 0) is 0 Å². The first-order chi connectivity index (χ1) is 9.94. The Hall–Kier alpha value is -1.78. The molecule has 0 heterocycles. The molecule has 1 aliphatic rings. The molecule has 1 saturated carbocycles. The van der Waals surface area contributed by atoms with Gasteiger partial charge in [-0.05, 0) is 38.5 Å². The van der Waals surface area contributed by atoms with E-state index in [0.717, 1.165) is 12.2 Å². The van der Waals surface area contributed by atoms with Crippen LogP contribution in [0.25, 0.3) is 0 Å². The van der Waals surface area contributed by atoms with E-state index in [1.54, 1.807) is 6.07 Å². The third-order valence-electron chi connectivity index (χ3n) is 3.88. The molecular formula is C16H24N2O3. The number of nitrogens with zero attached hydrogens (tertiary/aromatic N) is 1. The van der Waals surface area contributed by atoms with Crippen molar-refractivity contribution >= 4 is 11.4 Å². The molecule has 0 unspecified atom stereocenters. The summed E-state index contributed by atoms with van der Waals surface area (Å²) in [5, 5.41) is 14.4. The van der Waals surface area contributed by atoms with Crippen molar-refractivity contribution in [2.75, 3.05) is 11.9 Å². The van der Waals surface area contributed by atoms with Gasteiger partial charge >= 0.3 is 0 Å². The molecule has 5 nitrogen and oxygen atoms in total. The lowest BCUT2D eigenvalue weighted by Crippen LogP contribution is -2.15. The number of nitro groups is 1. The lowest BCUT2D eigenvalue weighted by molar-refractivity contribution is -0.384. The van der Waals surface area contributed by atoms with Gasteiger partial charge < -0.3 is 10.1 Å². The van der Waals surface area contributed by atoms with E-state index >= 15 is 0 Å². The summed E-state index contributed by atoms with van der Waals surface area (Å²) in [7, 11) is 0. The lowest BCUT2D eigenvalue weighted by atomic mass is 10.0. The van der Waals surface area contributed by atoms with Gasteiger partial charge in [-0.2, -0.15) is 0 Å². The third-order valence-corrected chi connectivity index (χ3v) is 3.88. The summed E-state index contributed by atoms with van der Waals surface area (Å²) >= 11 is 0. The zero-order valence-electron chi connectivity index (χ0n) is 13.0. The number of hydrogen-bond donors (Lipinski definition) is 1.